The summed E-state index contributed by atoms with van der Waals surface area (Å²) in [7, 11) is 1.49. The minimum Gasteiger partial charge on any atom is -0.451 e. The third kappa shape index (κ3) is 4.69. The molecule has 0 aliphatic heterocycles. The Labute approximate surface area is 142 Å². The number of benzene rings is 1. The average molecular weight is 331 g/mol. The zero-order valence-electron chi connectivity index (χ0n) is 14.6. The van der Waals surface area contributed by atoms with Gasteiger partial charge < -0.3 is 19.6 Å². The molecule has 0 saturated carbocycles. The van der Waals surface area contributed by atoms with Crippen LogP contribution in [0.5, 0.6) is 0 Å². The van der Waals surface area contributed by atoms with Crippen molar-refractivity contribution in [3.8, 4) is 11.3 Å². The Bertz CT molecular complexity index is 667. The molecule has 1 unspecified atom stereocenters. The average Bonchev–Trinajstić information content (AvgIpc) is 3.02. The van der Waals surface area contributed by atoms with Gasteiger partial charge in [-0.2, -0.15) is 0 Å². The first kappa shape index (κ1) is 18.2. The second kappa shape index (κ2) is 7.64. The molecule has 1 aromatic heterocycles. The maximum absolute atomic E-state index is 12.0. The van der Waals surface area contributed by atoms with E-state index in [2.05, 4.69) is 38.2 Å². The van der Waals surface area contributed by atoms with Gasteiger partial charge in [0.05, 0.1) is 12.7 Å². The molecule has 0 fully saturated rings. The summed E-state index contributed by atoms with van der Waals surface area (Å²) in [6, 6.07) is 11.5. The number of methoxy groups -OCH3 is 1. The zero-order chi connectivity index (χ0) is 17.7. The van der Waals surface area contributed by atoms with Crippen LogP contribution in [0.1, 0.15) is 36.9 Å². The van der Waals surface area contributed by atoms with Crippen molar-refractivity contribution in [2.24, 2.45) is 0 Å². The van der Waals surface area contributed by atoms with Crippen molar-refractivity contribution in [1.29, 1.82) is 0 Å². The quantitative estimate of drug-likeness (QED) is 0.853. The number of rotatable bonds is 6. The van der Waals surface area contributed by atoms with Gasteiger partial charge >= 0.3 is 0 Å². The van der Waals surface area contributed by atoms with Crippen LogP contribution in [-0.4, -0.2) is 37.4 Å². The molecule has 2 rings (SSSR count). The van der Waals surface area contributed by atoms with E-state index in [1.54, 1.807) is 12.1 Å². The van der Waals surface area contributed by atoms with Crippen LogP contribution in [0, 0.1) is 0 Å². The highest BCUT2D eigenvalue weighted by atomic mass is 16.5. The van der Waals surface area contributed by atoms with Crippen LogP contribution in [0.15, 0.2) is 40.8 Å². The van der Waals surface area contributed by atoms with E-state index in [9.17, 15) is 9.90 Å². The van der Waals surface area contributed by atoms with Gasteiger partial charge in [-0.15, -0.1) is 0 Å². The monoisotopic (exact) mass is 331 g/mol. The predicted molar refractivity (Wildman–Crippen MR) is 93.1 cm³/mol. The molecule has 130 valence electrons. The van der Waals surface area contributed by atoms with Gasteiger partial charge in [-0.05, 0) is 23.1 Å². The lowest BCUT2D eigenvalue weighted by atomic mass is 9.86. The minimum absolute atomic E-state index is 0.0930. The first-order valence-corrected chi connectivity index (χ1v) is 7.97. The third-order valence-electron chi connectivity index (χ3n) is 3.72. The van der Waals surface area contributed by atoms with Gasteiger partial charge in [-0.25, -0.2) is 0 Å². The number of carbonyl (C=O) groups is 1. The van der Waals surface area contributed by atoms with E-state index in [1.165, 1.54) is 12.7 Å². The SMILES string of the molecule is COCC(O)CNC(=O)c1ccc(-c2ccc(C(C)(C)C)cc2)o1. The Hall–Kier alpha value is -2.11. The Kier molecular flexibility index (Phi) is 5.80. The number of ether oxygens (including phenoxy) is 1. The number of aliphatic hydroxyl groups is 1. The Morgan fingerprint density at radius 1 is 1.21 bits per heavy atom. The van der Waals surface area contributed by atoms with Crippen molar-refractivity contribution >= 4 is 5.91 Å². The first-order valence-electron chi connectivity index (χ1n) is 7.97. The highest BCUT2D eigenvalue weighted by Gasteiger charge is 2.16. The summed E-state index contributed by atoms with van der Waals surface area (Å²) in [5.41, 5.74) is 2.25. The predicted octanol–water partition coefficient (Wildman–Crippen LogP) is 2.98. The van der Waals surface area contributed by atoms with Crippen LogP contribution >= 0.6 is 0 Å². The molecule has 24 heavy (non-hydrogen) atoms. The number of nitrogens with one attached hydrogen (secondary N) is 1. The van der Waals surface area contributed by atoms with Gasteiger partial charge in [-0.3, -0.25) is 4.79 Å². The van der Waals surface area contributed by atoms with Crippen LogP contribution in [0.2, 0.25) is 0 Å². The highest BCUT2D eigenvalue weighted by molar-refractivity contribution is 5.92. The van der Waals surface area contributed by atoms with E-state index in [0.29, 0.717) is 5.76 Å². The maximum Gasteiger partial charge on any atom is 0.287 e. The summed E-state index contributed by atoms with van der Waals surface area (Å²) in [5, 5.41) is 12.2. The fourth-order valence-corrected chi connectivity index (χ4v) is 2.30. The number of amides is 1. The normalized spacial score (nSPS) is 12.9. The summed E-state index contributed by atoms with van der Waals surface area (Å²) in [6.07, 6.45) is -0.738. The lowest BCUT2D eigenvalue weighted by Crippen LogP contribution is -2.34. The van der Waals surface area contributed by atoms with Crippen molar-refractivity contribution in [2.75, 3.05) is 20.3 Å². The van der Waals surface area contributed by atoms with Crippen molar-refractivity contribution < 1.29 is 19.1 Å². The Morgan fingerprint density at radius 2 is 1.88 bits per heavy atom. The number of furan rings is 1. The Morgan fingerprint density at radius 3 is 2.46 bits per heavy atom. The van der Waals surface area contributed by atoms with Gasteiger partial charge in [0.1, 0.15) is 5.76 Å². The molecule has 1 aromatic carbocycles. The summed E-state index contributed by atoms with van der Waals surface area (Å²) >= 11 is 0. The fraction of sp³-hybridized carbons (Fsp3) is 0.421. The molecule has 2 aromatic rings. The van der Waals surface area contributed by atoms with E-state index in [4.69, 9.17) is 9.15 Å². The fourth-order valence-electron chi connectivity index (χ4n) is 2.30. The van der Waals surface area contributed by atoms with E-state index in [0.717, 1.165) is 5.56 Å². The van der Waals surface area contributed by atoms with Crippen molar-refractivity contribution in [1.82, 2.24) is 5.32 Å². The molecule has 0 bridgehead atoms. The van der Waals surface area contributed by atoms with Crippen LogP contribution in [0.3, 0.4) is 0 Å². The van der Waals surface area contributed by atoms with Gasteiger partial charge in [0.2, 0.25) is 0 Å². The van der Waals surface area contributed by atoms with Crippen LogP contribution in [0.25, 0.3) is 11.3 Å². The van der Waals surface area contributed by atoms with E-state index in [1.807, 2.05) is 12.1 Å². The molecule has 5 nitrogen and oxygen atoms in total. The lowest BCUT2D eigenvalue weighted by molar-refractivity contribution is 0.0603. The van der Waals surface area contributed by atoms with Crippen LogP contribution in [0.4, 0.5) is 0 Å². The molecule has 0 radical (unpaired) electrons. The molecule has 1 amide bonds. The van der Waals surface area contributed by atoms with Gasteiger partial charge in [0.25, 0.3) is 5.91 Å². The number of hydrogen-bond acceptors (Lipinski definition) is 4. The van der Waals surface area contributed by atoms with Gasteiger partial charge in [0.15, 0.2) is 5.76 Å². The van der Waals surface area contributed by atoms with Crippen LogP contribution in [-0.2, 0) is 10.2 Å². The zero-order valence-corrected chi connectivity index (χ0v) is 14.6. The molecule has 0 saturated heterocycles. The van der Waals surface area contributed by atoms with E-state index < -0.39 is 6.10 Å². The first-order chi connectivity index (χ1) is 11.3. The highest BCUT2D eigenvalue weighted by Crippen LogP contribution is 2.27. The number of carbonyl (C=O) groups excluding carboxylic acids is 1. The molecule has 5 heteroatoms. The maximum atomic E-state index is 12.0. The van der Waals surface area contributed by atoms with Gasteiger partial charge in [0, 0.05) is 19.2 Å². The Balaban J connectivity index is 2.03. The molecule has 2 N–H and O–H groups in total. The minimum atomic E-state index is -0.738. The van der Waals surface area contributed by atoms with Gasteiger partial charge in [-0.1, -0.05) is 45.0 Å². The summed E-state index contributed by atoms with van der Waals surface area (Å²) < 4.78 is 10.4. The molecule has 0 aliphatic carbocycles. The molecular formula is C19H25NO4. The molecular weight excluding hydrogens is 306 g/mol. The molecule has 1 atom stereocenters. The second-order valence-corrected chi connectivity index (χ2v) is 6.81. The number of aliphatic hydroxyl groups excluding tert-OH is 1. The topological polar surface area (TPSA) is 71.7 Å². The van der Waals surface area contributed by atoms with Crippen molar-refractivity contribution in [2.45, 2.75) is 32.3 Å². The molecule has 1 heterocycles. The third-order valence-corrected chi connectivity index (χ3v) is 3.72. The summed E-state index contributed by atoms with van der Waals surface area (Å²) in [4.78, 5) is 12.0. The standard InChI is InChI=1S/C19H25NO4/c1-19(2,3)14-7-5-13(6-8-14)16-9-10-17(24-16)18(22)20-11-15(21)12-23-4/h5-10,15,21H,11-12H2,1-4H3,(H,20,22). The molecule has 0 spiro atoms. The van der Waals surface area contributed by atoms with E-state index >= 15 is 0 Å². The number of hydrogen-bond donors (Lipinski definition) is 2. The smallest absolute Gasteiger partial charge is 0.287 e. The van der Waals surface area contributed by atoms with E-state index in [-0.39, 0.29) is 30.2 Å². The second-order valence-electron chi connectivity index (χ2n) is 6.81. The summed E-state index contributed by atoms with van der Waals surface area (Å²) in [6.45, 7) is 6.77. The molecule has 0 aliphatic rings. The van der Waals surface area contributed by atoms with Crippen molar-refractivity contribution in [3.63, 3.8) is 0 Å². The lowest BCUT2D eigenvalue weighted by Gasteiger charge is -2.18. The van der Waals surface area contributed by atoms with Crippen molar-refractivity contribution in [3.05, 3.63) is 47.7 Å². The largest absolute Gasteiger partial charge is 0.451 e. The summed E-state index contributed by atoms with van der Waals surface area (Å²) in [5.74, 6) is 0.496. The van der Waals surface area contributed by atoms with Crippen LogP contribution < -0.4 is 5.32 Å².